The number of hydrogen-bond donors (Lipinski definition) is 0. The third-order valence-corrected chi connectivity index (χ3v) is 4.83. The molecular weight excluding hydrogens is 318 g/mol. The predicted octanol–water partition coefficient (Wildman–Crippen LogP) is 2.82. The van der Waals surface area contributed by atoms with E-state index in [0.717, 1.165) is 41.9 Å². The molecule has 130 valence electrons. The molecule has 0 aliphatic carbocycles. The summed E-state index contributed by atoms with van der Waals surface area (Å²) < 4.78 is 7.18. The molecule has 0 saturated carbocycles. The zero-order valence-electron chi connectivity index (χ0n) is 14.7. The van der Waals surface area contributed by atoms with E-state index in [1.165, 1.54) is 0 Å². The van der Waals surface area contributed by atoms with Crippen LogP contribution in [-0.4, -0.2) is 43.8 Å². The number of carbonyl (C=O) groups is 1. The Bertz CT molecular complexity index is 942. The Morgan fingerprint density at radius 3 is 2.88 bits per heavy atom. The van der Waals surface area contributed by atoms with Crippen molar-refractivity contribution in [2.24, 2.45) is 0 Å². The van der Waals surface area contributed by atoms with Gasteiger partial charge in [-0.25, -0.2) is 4.98 Å². The SMILES string of the molecule is Cc1cc(C)n([C@H]2CCCN(C(=O)c3cnc4onc(C)c4c3)C2)n1. The van der Waals surface area contributed by atoms with Gasteiger partial charge in [-0.2, -0.15) is 5.10 Å². The van der Waals surface area contributed by atoms with Gasteiger partial charge in [-0.15, -0.1) is 0 Å². The van der Waals surface area contributed by atoms with Crippen LogP contribution in [0.15, 0.2) is 22.9 Å². The average molecular weight is 339 g/mol. The summed E-state index contributed by atoms with van der Waals surface area (Å²) >= 11 is 0. The largest absolute Gasteiger partial charge is 0.336 e. The predicted molar refractivity (Wildman–Crippen MR) is 92.4 cm³/mol. The molecule has 7 heteroatoms. The lowest BCUT2D eigenvalue weighted by atomic mass is 10.0. The number of aryl methyl sites for hydroxylation is 3. The summed E-state index contributed by atoms with van der Waals surface area (Å²) in [5.74, 6) is 0.00114. The number of carbonyl (C=O) groups excluding carboxylic acids is 1. The van der Waals surface area contributed by atoms with Crippen molar-refractivity contribution in [3.05, 3.63) is 41.0 Å². The average Bonchev–Trinajstić information content (AvgIpc) is 3.16. The number of aromatic nitrogens is 4. The fraction of sp³-hybridized carbons (Fsp3) is 0.444. The molecule has 1 aliphatic rings. The smallest absolute Gasteiger partial charge is 0.257 e. The van der Waals surface area contributed by atoms with E-state index in [1.54, 1.807) is 6.20 Å². The first-order valence-corrected chi connectivity index (χ1v) is 8.57. The van der Waals surface area contributed by atoms with Crippen molar-refractivity contribution in [3.63, 3.8) is 0 Å². The molecule has 25 heavy (non-hydrogen) atoms. The van der Waals surface area contributed by atoms with Crippen LogP contribution in [0, 0.1) is 20.8 Å². The number of rotatable bonds is 2. The Morgan fingerprint density at radius 2 is 2.12 bits per heavy atom. The van der Waals surface area contributed by atoms with Crippen LogP contribution in [0.3, 0.4) is 0 Å². The van der Waals surface area contributed by atoms with Gasteiger partial charge in [0.25, 0.3) is 11.6 Å². The number of pyridine rings is 1. The molecule has 0 radical (unpaired) electrons. The minimum atomic E-state index is 0.00114. The molecule has 3 aromatic rings. The maximum Gasteiger partial charge on any atom is 0.257 e. The first-order chi connectivity index (χ1) is 12.0. The van der Waals surface area contributed by atoms with Crippen molar-refractivity contribution in [1.82, 2.24) is 24.8 Å². The van der Waals surface area contributed by atoms with Gasteiger partial charge in [0.2, 0.25) is 0 Å². The van der Waals surface area contributed by atoms with E-state index in [-0.39, 0.29) is 11.9 Å². The van der Waals surface area contributed by atoms with Crippen LogP contribution in [-0.2, 0) is 0 Å². The number of piperidine rings is 1. The molecule has 3 aromatic heterocycles. The molecule has 0 unspecified atom stereocenters. The Labute approximate surface area is 145 Å². The minimum absolute atomic E-state index is 0.00114. The number of amides is 1. The van der Waals surface area contributed by atoms with Crippen LogP contribution in [0.1, 0.15) is 46.3 Å². The highest BCUT2D eigenvalue weighted by molar-refractivity contribution is 5.97. The topological polar surface area (TPSA) is 77.0 Å². The Morgan fingerprint density at radius 1 is 1.28 bits per heavy atom. The highest BCUT2D eigenvalue weighted by Gasteiger charge is 2.27. The Balaban J connectivity index is 1.58. The lowest BCUT2D eigenvalue weighted by Gasteiger charge is -2.33. The summed E-state index contributed by atoms with van der Waals surface area (Å²) in [5, 5.41) is 9.28. The van der Waals surface area contributed by atoms with E-state index >= 15 is 0 Å². The molecule has 1 fully saturated rings. The van der Waals surface area contributed by atoms with Gasteiger partial charge in [-0.05, 0) is 45.7 Å². The summed E-state index contributed by atoms with van der Waals surface area (Å²) in [6.45, 7) is 7.34. The summed E-state index contributed by atoms with van der Waals surface area (Å²) in [6.07, 6.45) is 3.58. The zero-order valence-corrected chi connectivity index (χ0v) is 14.7. The van der Waals surface area contributed by atoms with Crippen LogP contribution in [0.2, 0.25) is 0 Å². The number of likely N-dealkylation sites (tertiary alicyclic amines) is 1. The summed E-state index contributed by atoms with van der Waals surface area (Å²) in [6, 6.07) is 4.12. The van der Waals surface area contributed by atoms with E-state index in [9.17, 15) is 4.79 Å². The van der Waals surface area contributed by atoms with E-state index in [4.69, 9.17) is 4.52 Å². The van der Waals surface area contributed by atoms with E-state index < -0.39 is 0 Å². The van der Waals surface area contributed by atoms with Crippen molar-refractivity contribution in [1.29, 1.82) is 0 Å². The fourth-order valence-corrected chi connectivity index (χ4v) is 3.60. The molecule has 7 nitrogen and oxygen atoms in total. The number of hydrogen-bond acceptors (Lipinski definition) is 5. The minimum Gasteiger partial charge on any atom is -0.336 e. The Hall–Kier alpha value is -2.70. The zero-order chi connectivity index (χ0) is 17.6. The van der Waals surface area contributed by atoms with Gasteiger partial charge in [0.1, 0.15) is 0 Å². The highest BCUT2D eigenvalue weighted by Crippen LogP contribution is 2.25. The second-order valence-electron chi connectivity index (χ2n) is 6.76. The van der Waals surface area contributed by atoms with Crippen LogP contribution in [0.5, 0.6) is 0 Å². The molecule has 1 atom stereocenters. The van der Waals surface area contributed by atoms with Crippen molar-refractivity contribution in [2.75, 3.05) is 13.1 Å². The van der Waals surface area contributed by atoms with Crippen molar-refractivity contribution in [2.45, 2.75) is 39.7 Å². The third kappa shape index (κ3) is 2.79. The molecule has 0 bridgehead atoms. The molecular formula is C18H21N5O2. The molecule has 4 rings (SSSR count). The molecule has 1 amide bonds. The second-order valence-corrected chi connectivity index (χ2v) is 6.76. The van der Waals surface area contributed by atoms with Gasteiger partial charge in [0.05, 0.1) is 28.4 Å². The monoisotopic (exact) mass is 339 g/mol. The van der Waals surface area contributed by atoms with Crippen LogP contribution < -0.4 is 0 Å². The molecule has 0 spiro atoms. The normalized spacial score (nSPS) is 18.0. The fourth-order valence-electron chi connectivity index (χ4n) is 3.60. The highest BCUT2D eigenvalue weighted by atomic mass is 16.5. The Kier molecular flexibility index (Phi) is 3.78. The van der Waals surface area contributed by atoms with Gasteiger partial charge in [0.15, 0.2) is 0 Å². The van der Waals surface area contributed by atoms with E-state index in [2.05, 4.69) is 32.9 Å². The summed E-state index contributed by atoms with van der Waals surface area (Å²) in [7, 11) is 0. The molecule has 1 aliphatic heterocycles. The van der Waals surface area contributed by atoms with Gasteiger partial charge in [0, 0.05) is 25.0 Å². The lowest BCUT2D eigenvalue weighted by molar-refractivity contribution is 0.0671. The van der Waals surface area contributed by atoms with Crippen molar-refractivity contribution < 1.29 is 9.32 Å². The standard InChI is InChI=1S/C18H21N5O2/c1-11-7-12(2)23(20-11)15-5-4-6-22(10-15)18(24)14-8-16-13(3)21-25-17(16)19-9-14/h7-9,15H,4-6,10H2,1-3H3/t15-/m0/s1. The van der Waals surface area contributed by atoms with E-state index in [1.807, 2.05) is 24.8 Å². The molecule has 0 N–H and O–H groups in total. The van der Waals surface area contributed by atoms with Crippen molar-refractivity contribution >= 4 is 17.0 Å². The van der Waals surface area contributed by atoms with Gasteiger partial charge < -0.3 is 9.42 Å². The van der Waals surface area contributed by atoms with Crippen molar-refractivity contribution in [3.8, 4) is 0 Å². The van der Waals surface area contributed by atoms with Gasteiger partial charge in [-0.1, -0.05) is 5.16 Å². The van der Waals surface area contributed by atoms with Gasteiger partial charge in [-0.3, -0.25) is 9.48 Å². The summed E-state index contributed by atoms with van der Waals surface area (Å²) in [5.41, 5.74) is 3.94. The first-order valence-electron chi connectivity index (χ1n) is 8.57. The number of nitrogens with zero attached hydrogens (tertiary/aromatic N) is 5. The van der Waals surface area contributed by atoms with E-state index in [0.29, 0.717) is 17.8 Å². The maximum absolute atomic E-state index is 12.9. The number of fused-ring (bicyclic) bond motifs is 1. The summed E-state index contributed by atoms with van der Waals surface area (Å²) in [4.78, 5) is 19.1. The second kappa shape index (κ2) is 5.98. The first kappa shape index (κ1) is 15.8. The van der Waals surface area contributed by atoms with Crippen LogP contribution in [0.25, 0.3) is 11.1 Å². The molecule has 1 saturated heterocycles. The van der Waals surface area contributed by atoms with Gasteiger partial charge >= 0.3 is 0 Å². The third-order valence-electron chi connectivity index (χ3n) is 4.83. The van der Waals surface area contributed by atoms with Crippen LogP contribution in [0.4, 0.5) is 0 Å². The lowest BCUT2D eigenvalue weighted by Crippen LogP contribution is -2.41. The van der Waals surface area contributed by atoms with Crippen LogP contribution >= 0.6 is 0 Å². The molecule has 0 aromatic carbocycles. The quantitative estimate of drug-likeness (QED) is 0.717. The maximum atomic E-state index is 12.9. The molecule has 4 heterocycles.